The van der Waals surface area contributed by atoms with Crippen LogP contribution < -0.4 is 4.74 Å². The minimum atomic E-state index is 0.723. The molecule has 2 aromatic rings. The summed E-state index contributed by atoms with van der Waals surface area (Å²) in [5.41, 5.74) is 2.24. The number of hydrogen-bond acceptors (Lipinski definition) is 3. The quantitative estimate of drug-likeness (QED) is 0.879. The van der Waals surface area contributed by atoms with E-state index < -0.39 is 0 Å². The molecule has 0 saturated carbocycles. The van der Waals surface area contributed by atoms with Gasteiger partial charge in [0.05, 0.1) is 18.1 Å². The summed E-state index contributed by atoms with van der Waals surface area (Å²) in [7, 11) is 1.69. The zero-order valence-corrected chi connectivity index (χ0v) is 13.6. The Kier molecular flexibility index (Phi) is 4.31. The van der Waals surface area contributed by atoms with Crippen LogP contribution in [0.5, 0.6) is 5.75 Å². The van der Waals surface area contributed by atoms with Crippen molar-refractivity contribution in [1.29, 1.82) is 0 Å². The van der Waals surface area contributed by atoms with E-state index in [-0.39, 0.29) is 0 Å². The SMILES string of the molecule is CCN1CCC(Cn2c(=S)[nH]c3cc(OC)ccc32)CC1. The van der Waals surface area contributed by atoms with Crippen molar-refractivity contribution in [2.24, 2.45) is 5.92 Å². The third-order valence-corrected chi connectivity index (χ3v) is 4.90. The first-order valence-electron chi connectivity index (χ1n) is 7.70. The number of nitrogens with one attached hydrogen (secondary N) is 1. The number of aromatic amines is 1. The van der Waals surface area contributed by atoms with E-state index in [0.717, 1.165) is 28.5 Å². The summed E-state index contributed by atoms with van der Waals surface area (Å²) in [6.07, 6.45) is 2.52. The molecule has 0 atom stereocenters. The standard InChI is InChI=1S/C16H23N3OS/c1-3-18-8-6-12(7-9-18)11-19-15-5-4-13(20-2)10-14(15)17-16(19)21/h4-5,10,12H,3,6-9,11H2,1-2H3,(H,17,21). The van der Waals surface area contributed by atoms with Gasteiger partial charge in [0.15, 0.2) is 4.77 Å². The van der Waals surface area contributed by atoms with Crippen LogP contribution in [0.4, 0.5) is 0 Å². The van der Waals surface area contributed by atoms with E-state index in [1.165, 1.54) is 38.0 Å². The molecule has 2 heterocycles. The number of imidazole rings is 1. The molecular weight excluding hydrogens is 282 g/mol. The first-order chi connectivity index (χ1) is 10.2. The summed E-state index contributed by atoms with van der Waals surface area (Å²) in [6.45, 7) is 6.85. The molecule has 0 amide bonds. The molecule has 5 heteroatoms. The lowest BCUT2D eigenvalue weighted by molar-refractivity contribution is 0.181. The molecule has 114 valence electrons. The molecule has 1 aromatic heterocycles. The number of ether oxygens (including phenoxy) is 1. The van der Waals surface area contributed by atoms with Gasteiger partial charge in [0.25, 0.3) is 0 Å². The second kappa shape index (κ2) is 6.20. The largest absolute Gasteiger partial charge is 0.497 e. The number of aromatic nitrogens is 2. The number of piperidine rings is 1. The minimum absolute atomic E-state index is 0.723. The number of H-pyrrole nitrogens is 1. The normalized spacial score (nSPS) is 17.4. The predicted molar refractivity (Wildman–Crippen MR) is 88.5 cm³/mol. The zero-order chi connectivity index (χ0) is 14.8. The Morgan fingerprint density at radius 3 is 2.76 bits per heavy atom. The topological polar surface area (TPSA) is 33.2 Å². The second-order valence-corrected chi connectivity index (χ2v) is 6.19. The molecule has 0 bridgehead atoms. The molecule has 1 N–H and O–H groups in total. The molecule has 1 saturated heterocycles. The number of benzene rings is 1. The van der Waals surface area contributed by atoms with Crippen molar-refractivity contribution in [3.05, 3.63) is 23.0 Å². The highest BCUT2D eigenvalue weighted by Crippen LogP contribution is 2.24. The van der Waals surface area contributed by atoms with Crippen molar-refractivity contribution >= 4 is 23.3 Å². The molecular formula is C16H23N3OS. The summed E-state index contributed by atoms with van der Waals surface area (Å²) in [5.74, 6) is 1.59. The summed E-state index contributed by atoms with van der Waals surface area (Å²) in [5, 5.41) is 0. The van der Waals surface area contributed by atoms with Gasteiger partial charge in [-0.2, -0.15) is 0 Å². The fourth-order valence-electron chi connectivity index (χ4n) is 3.19. The van der Waals surface area contributed by atoms with Crippen molar-refractivity contribution in [3.63, 3.8) is 0 Å². The summed E-state index contributed by atoms with van der Waals surface area (Å²) < 4.78 is 8.34. The molecule has 1 aromatic carbocycles. The maximum Gasteiger partial charge on any atom is 0.178 e. The van der Waals surface area contributed by atoms with E-state index in [1.807, 2.05) is 12.1 Å². The molecule has 21 heavy (non-hydrogen) atoms. The van der Waals surface area contributed by atoms with Crippen LogP contribution in [0.3, 0.4) is 0 Å². The van der Waals surface area contributed by atoms with Gasteiger partial charge in [-0.1, -0.05) is 6.92 Å². The van der Waals surface area contributed by atoms with Gasteiger partial charge in [-0.05, 0) is 62.7 Å². The summed E-state index contributed by atoms with van der Waals surface area (Å²) >= 11 is 5.50. The fraction of sp³-hybridized carbons (Fsp3) is 0.562. The third-order valence-electron chi connectivity index (χ3n) is 4.58. The molecule has 1 fully saturated rings. The van der Waals surface area contributed by atoms with E-state index in [2.05, 4.69) is 27.4 Å². The van der Waals surface area contributed by atoms with Crippen molar-refractivity contribution < 1.29 is 4.74 Å². The van der Waals surface area contributed by atoms with Crippen molar-refractivity contribution in [1.82, 2.24) is 14.5 Å². The molecule has 1 aliphatic heterocycles. The lowest BCUT2D eigenvalue weighted by Gasteiger charge is -2.31. The van der Waals surface area contributed by atoms with E-state index in [4.69, 9.17) is 17.0 Å². The predicted octanol–water partition coefficient (Wildman–Crippen LogP) is 3.44. The number of methoxy groups -OCH3 is 1. The molecule has 1 aliphatic rings. The molecule has 0 unspecified atom stereocenters. The Morgan fingerprint density at radius 2 is 2.10 bits per heavy atom. The van der Waals surface area contributed by atoms with Gasteiger partial charge >= 0.3 is 0 Å². The van der Waals surface area contributed by atoms with Gasteiger partial charge in [-0.15, -0.1) is 0 Å². The van der Waals surface area contributed by atoms with E-state index in [0.29, 0.717) is 0 Å². The number of fused-ring (bicyclic) bond motifs is 1. The Hall–Kier alpha value is -1.33. The van der Waals surface area contributed by atoms with Crippen LogP contribution in [0.25, 0.3) is 11.0 Å². The van der Waals surface area contributed by atoms with Crippen molar-refractivity contribution in [2.45, 2.75) is 26.3 Å². The van der Waals surface area contributed by atoms with Crippen molar-refractivity contribution in [2.75, 3.05) is 26.7 Å². The Morgan fingerprint density at radius 1 is 1.33 bits per heavy atom. The van der Waals surface area contributed by atoms with Crippen LogP contribution >= 0.6 is 12.2 Å². The van der Waals surface area contributed by atoms with Gasteiger partial charge < -0.3 is 19.2 Å². The Balaban J connectivity index is 1.81. The van der Waals surface area contributed by atoms with E-state index >= 15 is 0 Å². The lowest BCUT2D eigenvalue weighted by Crippen LogP contribution is -2.34. The number of hydrogen-bond donors (Lipinski definition) is 1. The monoisotopic (exact) mass is 305 g/mol. The number of rotatable bonds is 4. The Bertz CT molecular complexity index is 668. The highest BCUT2D eigenvalue weighted by Gasteiger charge is 2.19. The highest BCUT2D eigenvalue weighted by atomic mass is 32.1. The summed E-state index contributed by atoms with van der Waals surface area (Å²) in [6, 6.07) is 6.12. The smallest absolute Gasteiger partial charge is 0.178 e. The minimum Gasteiger partial charge on any atom is -0.497 e. The van der Waals surface area contributed by atoms with Crippen LogP contribution in [0.2, 0.25) is 0 Å². The van der Waals surface area contributed by atoms with Crippen LogP contribution in [0.15, 0.2) is 18.2 Å². The fourth-order valence-corrected chi connectivity index (χ4v) is 3.48. The highest BCUT2D eigenvalue weighted by molar-refractivity contribution is 7.71. The Labute approximate surface area is 130 Å². The maximum atomic E-state index is 5.50. The van der Waals surface area contributed by atoms with Gasteiger partial charge in [-0.3, -0.25) is 0 Å². The van der Waals surface area contributed by atoms with Crippen LogP contribution in [0.1, 0.15) is 19.8 Å². The number of likely N-dealkylation sites (tertiary alicyclic amines) is 1. The zero-order valence-electron chi connectivity index (χ0n) is 12.8. The second-order valence-electron chi connectivity index (χ2n) is 5.80. The lowest BCUT2D eigenvalue weighted by atomic mass is 9.97. The van der Waals surface area contributed by atoms with E-state index in [9.17, 15) is 0 Å². The third kappa shape index (κ3) is 2.99. The average molecular weight is 305 g/mol. The van der Waals surface area contributed by atoms with Crippen molar-refractivity contribution in [3.8, 4) is 5.75 Å². The van der Waals surface area contributed by atoms with Gasteiger partial charge in [0.2, 0.25) is 0 Å². The van der Waals surface area contributed by atoms with Crippen LogP contribution in [0, 0.1) is 10.7 Å². The van der Waals surface area contributed by atoms with Crippen LogP contribution in [-0.4, -0.2) is 41.2 Å². The maximum absolute atomic E-state index is 5.50. The van der Waals surface area contributed by atoms with Gasteiger partial charge in [0, 0.05) is 12.6 Å². The van der Waals surface area contributed by atoms with Gasteiger partial charge in [-0.25, -0.2) is 0 Å². The average Bonchev–Trinajstić information content (AvgIpc) is 2.83. The van der Waals surface area contributed by atoms with E-state index in [1.54, 1.807) is 7.11 Å². The first-order valence-corrected chi connectivity index (χ1v) is 8.11. The van der Waals surface area contributed by atoms with Gasteiger partial charge in [0.1, 0.15) is 5.75 Å². The van der Waals surface area contributed by atoms with Crippen LogP contribution in [-0.2, 0) is 6.54 Å². The molecule has 4 nitrogen and oxygen atoms in total. The first kappa shape index (κ1) is 14.6. The molecule has 3 rings (SSSR count). The molecule has 0 radical (unpaired) electrons. The number of nitrogens with zero attached hydrogens (tertiary/aromatic N) is 2. The molecule has 0 spiro atoms. The molecule has 0 aliphatic carbocycles. The summed E-state index contributed by atoms with van der Waals surface area (Å²) in [4.78, 5) is 5.82.